The fourth-order valence-electron chi connectivity index (χ4n) is 5.15. The van der Waals surface area contributed by atoms with E-state index in [4.69, 9.17) is 9.47 Å². The molecule has 4 nitrogen and oxygen atoms in total. The molecule has 126 valence electrons. The number of fused-ring (bicyclic) bond motifs is 1. The minimum atomic E-state index is -0.262. The van der Waals surface area contributed by atoms with Crippen LogP contribution in [0.3, 0.4) is 0 Å². The summed E-state index contributed by atoms with van der Waals surface area (Å²) in [6.45, 7) is 10.3. The maximum atomic E-state index is 11.5. The summed E-state index contributed by atoms with van der Waals surface area (Å²) in [7, 11) is 0. The van der Waals surface area contributed by atoms with Crippen molar-refractivity contribution < 1.29 is 19.1 Å². The van der Waals surface area contributed by atoms with Gasteiger partial charge in [-0.25, -0.2) is 0 Å². The van der Waals surface area contributed by atoms with Crippen molar-refractivity contribution in [3.63, 3.8) is 0 Å². The van der Waals surface area contributed by atoms with E-state index in [1.54, 1.807) is 0 Å². The molecule has 0 amide bonds. The van der Waals surface area contributed by atoms with E-state index in [-0.39, 0.29) is 29.4 Å². The van der Waals surface area contributed by atoms with Crippen molar-refractivity contribution in [2.75, 3.05) is 6.61 Å². The molecule has 4 atom stereocenters. The first-order chi connectivity index (χ1) is 10.2. The summed E-state index contributed by atoms with van der Waals surface area (Å²) in [5.41, 5.74) is 0.359. The third-order valence-electron chi connectivity index (χ3n) is 6.10. The summed E-state index contributed by atoms with van der Waals surface area (Å²) in [4.78, 5) is 22.7. The molecular formula is C18H30O4. The van der Waals surface area contributed by atoms with E-state index < -0.39 is 0 Å². The van der Waals surface area contributed by atoms with Gasteiger partial charge in [-0.05, 0) is 42.4 Å². The van der Waals surface area contributed by atoms with Crippen LogP contribution in [0, 0.1) is 22.7 Å². The number of esters is 2. The van der Waals surface area contributed by atoms with Crippen LogP contribution in [0.5, 0.6) is 0 Å². The van der Waals surface area contributed by atoms with Crippen LogP contribution >= 0.6 is 0 Å². The smallest absolute Gasteiger partial charge is 0.302 e. The van der Waals surface area contributed by atoms with Crippen LogP contribution in [0.2, 0.25) is 0 Å². The Morgan fingerprint density at radius 2 is 1.73 bits per heavy atom. The minimum Gasteiger partial charge on any atom is -0.465 e. The van der Waals surface area contributed by atoms with Gasteiger partial charge < -0.3 is 9.47 Å². The van der Waals surface area contributed by atoms with Crippen molar-refractivity contribution in [1.82, 2.24) is 0 Å². The normalized spacial score (nSPS) is 37.0. The number of hydrogen-bond donors (Lipinski definition) is 0. The van der Waals surface area contributed by atoms with E-state index in [1.807, 2.05) is 0 Å². The SMILES string of the molecule is CC(=O)OC[C@H]1[C@H](OC(C)=O)CC[C@H]2C(C)(C)CCC[C@]12C. The van der Waals surface area contributed by atoms with E-state index >= 15 is 0 Å². The zero-order valence-electron chi connectivity index (χ0n) is 14.6. The molecule has 0 N–H and O–H groups in total. The van der Waals surface area contributed by atoms with Gasteiger partial charge in [0.2, 0.25) is 0 Å². The first-order valence-electron chi connectivity index (χ1n) is 8.47. The molecule has 0 aromatic carbocycles. The molecule has 4 heteroatoms. The topological polar surface area (TPSA) is 52.6 Å². The highest BCUT2D eigenvalue weighted by Gasteiger charge is 2.55. The van der Waals surface area contributed by atoms with Crippen LogP contribution in [-0.2, 0) is 19.1 Å². The van der Waals surface area contributed by atoms with E-state index in [0.29, 0.717) is 17.9 Å². The number of rotatable bonds is 3. The summed E-state index contributed by atoms with van der Waals surface area (Å²) in [5.74, 6) is 0.178. The standard InChI is InChI=1S/C18H30O4/c1-12(19)21-11-14-15(22-13(2)20)7-8-16-17(3,4)9-6-10-18(14,16)5/h14-16H,6-11H2,1-5H3/t14-,15+,16-,18+/m0/s1. The Balaban J connectivity index is 2.28. The van der Waals surface area contributed by atoms with Crippen LogP contribution in [-0.4, -0.2) is 24.6 Å². The second kappa shape index (κ2) is 6.21. The zero-order valence-corrected chi connectivity index (χ0v) is 14.6. The number of hydrogen-bond acceptors (Lipinski definition) is 4. The zero-order chi connectivity index (χ0) is 16.5. The predicted molar refractivity (Wildman–Crippen MR) is 84.1 cm³/mol. The van der Waals surface area contributed by atoms with Gasteiger partial charge in [-0.1, -0.05) is 27.2 Å². The molecule has 0 aromatic rings. The third-order valence-corrected chi connectivity index (χ3v) is 6.10. The number of carbonyl (C=O) groups excluding carboxylic acids is 2. The van der Waals surface area contributed by atoms with Crippen molar-refractivity contribution in [2.24, 2.45) is 22.7 Å². The van der Waals surface area contributed by atoms with Crippen LogP contribution < -0.4 is 0 Å². The van der Waals surface area contributed by atoms with Crippen molar-refractivity contribution in [2.45, 2.75) is 72.8 Å². The van der Waals surface area contributed by atoms with Crippen LogP contribution in [0.4, 0.5) is 0 Å². The largest absolute Gasteiger partial charge is 0.465 e. The van der Waals surface area contributed by atoms with Crippen molar-refractivity contribution in [3.05, 3.63) is 0 Å². The van der Waals surface area contributed by atoms with Gasteiger partial charge in [-0.2, -0.15) is 0 Å². The lowest BCUT2D eigenvalue weighted by molar-refractivity contribution is -0.179. The van der Waals surface area contributed by atoms with Gasteiger partial charge in [0.1, 0.15) is 6.10 Å². The lowest BCUT2D eigenvalue weighted by Gasteiger charge is -2.58. The second-order valence-electron chi connectivity index (χ2n) is 8.03. The predicted octanol–water partition coefficient (Wildman–Crippen LogP) is 3.72. The molecule has 2 aliphatic rings. The summed E-state index contributed by atoms with van der Waals surface area (Å²) in [5, 5.41) is 0. The van der Waals surface area contributed by atoms with Gasteiger partial charge in [0.15, 0.2) is 0 Å². The Morgan fingerprint density at radius 1 is 1.05 bits per heavy atom. The fraction of sp³-hybridized carbons (Fsp3) is 0.889. The van der Waals surface area contributed by atoms with Gasteiger partial charge in [-0.3, -0.25) is 9.59 Å². The molecule has 0 heterocycles. The molecule has 2 rings (SSSR count). The van der Waals surface area contributed by atoms with Gasteiger partial charge in [0.25, 0.3) is 0 Å². The molecule has 0 unspecified atom stereocenters. The molecule has 22 heavy (non-hydrogen) atoms. The minimum absolute atomic E-state index is 0.0650. The van der Waals surface area contributed by atoms with Crippen LogP contribution in [0.25, 0.3) is 0 Å². The molecule has 0 bridgehead atoms. The average Bonchev–Trinajstić information content (AvgIpc) is 2.35. The molecule has 0 saturated heterocycles. The summed E-state index contributed by atoms with van der Waals surface area (Å²) in [6.07, 6.45) is 5.36. The molecule has 0 spiro atoms. The molecule has 0 aliphatic heterocycles. The summed E-state index contributed by atoms with van der Waals surface area (Å²) in [6, 6.07) is 0. The second-order valence-corrected chi connectivity index (χ2v) is 8.03. The van der Waals surface area contributed by atoms with Crippen LogP contribution in [0.15, 0.2) is 0 Å². The van der Waals surface area contributed by atoms with E-state index in [2.05, 4.69) is 20.8 Å². The Morgan fingerprint density at radius 3 is 2.32 bits per heavy atom. The van der Waals surface area contributed by atoms with Crippen molar-refractivity contribution >= 4 is 11.9 Å². The summed E-state index contributed by atoms with van der Waals surface area (Å²) < 4.78 is 10.9. The van der Waals surface area contributed by atoms with E-state index in [0.717, 1.165) is 19.3 Å². The Hall–Kier alpha value is -1.06. The lowest BCUT2D eigenvalue weighted by Crippen LogP contribution is -2.55. The van der Waals surface area contributed by atoms with Crippen molar-refractivity contribution in [1.29, 1.82) is 0 Å². The quantitative estimate of drug-likeness (QED) is 0.745. The van der Waals surface area contributed by atoms with Crippen LogP contribution in [0.1, 0.15) is 66.7 Å². The number of carbonyl (C=O) groups is 2. The fourth-order valence-corrected chi connectivity index (χ4v) is 5.15. The maximum absolute atomic E-state index is 11.5. The van der Waals surface area contributed by atoms with Gasteiger partial charge in [0.05, 0.1) is 6.61 Å². The first-order valence-corrected chi connectivity index (χ1v) is 8.47. The van der Waals surface area contributed by atoms with E-state index in [1.165, 1.54) is 26.7 Å². The first kappa shape index (κ1) is 17.3. The highest BCUT2D eigenvalue weighted by atomic mass is 16.6. The maximum Gasteiger partial charge on any atom is 0.302 e. The monoisotopic (exact) mass is 310 g/mol. The van der Waals surface area contributed by atoms with E-state index in [9.17, 15) is 9.59 Å². The highest BCUT2D eigenvalue weighted by molar-refractivity contribution is 5.66. The molecule has 2 saturated carbocycles. The average molecular weight is 310 g/mol. The Bertz CT molecular complexity index is 442. The number of ether oxygens (including phenoxy) is 2. The third kappa shape index (κ3) is 3.31. The van der Waals surface area contributed by atoms with Gasteiger partial charge in [-0.15, -0.1) is 0 Å². The Labute approximate surface area is 133 Å². The van der Waals surface area contributed by atoms with Gasteiger partial charge >= 0.3 is 11.9 Å². The van der Waals surface area contributed by atoms with Gasteiger partial charge in [0, 0.05) is 19.8 Å². The lowest BCUT2D eigenvalue weighted by atomic mass is 9.48. The summed E-state index contributed by atoms with van der Waals surface area (Å²) >= 11 is 0. The molecule has 2 fully saturated rings. The molecular weight excluding hydrogens is 280 g/mol. The Kier molecular flexibility index (Phi) is 4.88. The molecule has 2 aliphatic carbocycles. The highest BCUT2D eigenvalue weighted by Crippen LogP contribution is 2.60. The molecule has 0 radical (unpaired) electrons. The molecule has 0 aromatic heterocycles. The van der Waals surface area contributed by atoms with Crippen molar-refractivity contribution in [3.8, 4) is 0 Å².